The summed E-state index contributed by atoms with van der Waals surface area (Å²) in [6, 6.07) is 7.98. The van der Waals surface area contributed by atoms with Crippen LogP contribution in [0.25, 0.3) is 0 Å². The largest absolute Gasteiger partial charge is 0.497 e. The zero-order valence-electron chi connectivity index (χ0n) is 27.0. The van der Waals surface area contributed by atoms with E-state index in [0.29, 0.717) is 24.7 Å². The molecule has 6 heteroatoms. The fraction of sp³-hybridized carbons (Fsp3) is 0.667. The van der Waals surface area contributed by atoms with Crippen molar-refractivity contribution in [3.63, 3.8) is 0 Å². The Hall–Kier alpha value is -1.89. The van der Waals surface area contributed by atoms with Gasteiger partial charge in [-0.15, -0.1) is 0 Å². The van der Waals surface area contributed by atoms with Crippen molar-refractivity contribution in [3.05, 3.63) is 53.1 Å². The van der Waals surface area contributed by atoms with Gasteiger partial charge < -0.3 is 18.6 Å². The molecule has 0 aliphatic rings. The Kier molecular flexibility index (Phi) is 14.2. The summed E-state index contributed by atoms with van der Waals surface area (Å²) in [5, 5.41) is 0.0891. The Morgan fingerprint density at radius 3 is 2.10 bits per heavy atom. The van der Waals surface area contributed by atoms with Crippen LogP contribution >= 0.6 is 0 Å². The van der Waals surface area contributed by atoms with Crippen molar-refractivity contribution in [2.24, 2.45) is 17.8 Å². The maximum atomic E-state index is 12.4. The highest BCUT2D eigenvalue weighted by Gasteiger charge is 2.43. The molecule has 1 aromatic carbocycles. The maximum Gasteiger partial charge on any atom is 0.333 e. The molecule has 0 saturated carbocycles. The van der Waals surface area contributed by atoms with Gasteiger partial charge in [0.05, 0.1) is 32.5 Å². The number of carbonyl (C=O) groups is 1. The lowest BCUT2D eigenvalue weighted by molar-refractivity contribution is -0.138. The minimum atomic E-state index is -2.07. The van der Waals surface area contributed by atoms with Crippen LogP contribution in [-0.4, -0.2) is 40.2 Å². The van der Waals surface area contributed by atoms with E-state index in [-0.39, 0.29) is 35.1 Å². The fourth-order valence-corrected chi connectivity index (χ4v) is 6.17. The summed E-state index contributed by atoms with van der Waals surface area (Å²) in [6.45, 7) is 26.9. The van der Waals surface area contributed by atoms with Crippen molar-refractivity contribution in [1.29, 1.82) is 0 Å². The van der Waals surface area contributed by atoms with Gasteiger partial charge in [0.15, 0.2) is 8.32 Å². The van der Waals surface area contributed by atoms with E-state index < -0.39 is 8.32 Å². The molecule has 0 aromatic heterocycles. The molecule has 0 saturated heterocycles. The van der Waals surface area contributed by atoms with Gasteiger partial charge in [0.25, 0.3) is 0 Å². The van der Waals surface area contributed by atoms with E-state index in [4.69, 9.17) is 18.6 Å². The van der Waals surface area contributed by atoms with Crippen LogP contribution in [-0.2, 0) is 25.3 Å². The summed E-state index contributed by atoms with van der Waals surface area (Å²) < 4.78 is 24.5. The van der Waals surface area contributed by atoms with Gasteiger partial charge in [-0.25, -0.2) is 4.79 Å². The van der Waals surface area contributed by atoms with Crippen LogP contribution in [0.15, 0.2) is 47.6 Å². The highest BCUT2D eigenvalue weighted by atomic mass is 28.4. The maximum absolute atomic E-state index is 12.4. The van der Waals surface area contributed by atoms with E-state index in [9.17, 15) is 4.79 Å². The summed E-state index contributed by atoms with van der Waals surface area (Å²) in [5.41, 5.74) is 3.04. The normalized spacial score (nSPS) is 17.3. The number of rotatable bonds is 15. The Labute approximate surface area is 240 Å². The molecule has 0 spiro atoms. The zero-order chi connectivity index (χ0) is 30.0. The lowest BCUT2D eigenvalue weighted by Gasteiger charge is -2.45. The van der Waals surface area contributed by atoms with Crippen molar-refractivity contribution in [1.82, 2.24) is 0 Å². The number of methoxy groups -OCH3 is 1. The van der Waals surface area contributed by atoms with Gasteiger partial charge in [-0.2, -0.15) is 0 Å². The van der Waals surface area contributed by atoms with Crippen LogP contribution in [0.3, 0.4) is 0 Å². The first-order valence-corrected chi connectivity index (χ1v) is 17.4. The number of hydrogen-bond acceptors (Lipinski definition) is 5. The Bertz CT molecular complexity index is 942. The van der Waals surface area contributed by atoms with E-state index in [1.807, 2.05) is 44.2 Å². The first-order valence-electron chi connectivity index (χ1n) is 14.5. The van der Waals surface area contributed by atoms with Crippen molar-refractivity contribution >= 4 is 14.3 Å². The molecule has 0 aliphatic carbocycles. The second-order valence-electron chi connectivity index (χ2n) is 12.6. The second-order valence-corrected chi connectivity index (χ2v) is 17.3. The minimum Gasteiger partial charge on any atom is -0.497 e. The summed E-state index contributed by atoms with van der Waals surface area (Å²) >= 11 is 0. The Balaban J connectivity index is 3.46. The molecular weight excluding hydrogens is 504 g/mol. The molecule has 0 bridgehead atoms. The van der Waals surface area contributed by atoms with Gasteiger partial charge in [0, 0.05) is 17.4 Å². The highest BCUT2D eigenvalue weighted by Crippen LogP contribution is 2.41. The van der Waals surface area contributed by atoms with Crippen LogP contribution < -0.4 is 4.74 Å². The van der Waals surface area contributed by atoms with Crippen LogP contribution in [0.2, 0.25) is 18.1 Å². The topological polar surface area (TPSA) is 54.0 Å². The van der Waals surface area contributed by atoms with Crippen LogP contribution in [0.1, 0.15) is 81.2 Å². The zero-order valence-corrected chi connectivity index (χ0v) is 28.0. The van der Waals surface area contributed by atoms with E-state index >= 15 is 0 Å². The molecule has 5 nitrogen and oxygen atoms in total. The van der Waals surface area contributed by atoms with Crippen molar-refractivity contribution in [3.8, 4) is 5.75 Å². The Morgan fingerprint density at radius 2 is 1.62 bits per heavy atom. The van der Waals surface area contributed by atoms with Crippen molar-refractivity contribution < 1.29 is 23.4 Å². The molecule has 222 valence electrons. The standard InChI is InChI=1S/C33H56O5Si/c1-14-23(3)20-24(4)31(38-39(12,13)33(8,9)10)27(7)30(25(5)21-26(6)32(34)36-15-2)37-22-28-16-18-29(35-11)19-17-28/h14,16-19,21,24-25,27,30-31H,15,20,22H2,1-13H3/b23-14+,26-21+/t24-,25+,27+,30-,31+/m0/s1. The lowest BCUT2D eigenvalue weighted by Crippen LogP contribution is -2.50. The molecule has 0 unspecified atom stereocenters. The molecule has 0 amide bonds. The van der Waals surface area contributed by atoms with Gasteiger partial charge in [-0.3, -0.25) is 0 Å². The molecule has 0 fully saturated rings. The molecule has 1 rings (SSSR count). The van der Waals surface area contributed by atoms with Crippen LogP contribution in [0.5, 0.6) is 5.75 Å². The number of ether oxygens (including phenoxy) is 3. The van der Waals surface area contributed by atoms with Crippen LogP contribution in [0, 0.1) is 17.8 Å². The number of esters is 1. The first-order chi connectivity index (χ1) is 18.1. The molecule has 0 aliphatic heterocycles. The third-order valence-corrected chi connectivity index (χ3v) is 12.7. The van der Waals surface area contributed by atoms with Crippen LogP contribution in [0.4, 0.5) is 0 Å². The average molecular weight is 561 g/mol. The van der Waals surface area contributed by atoms with E-state index in [0.717, 1.165) is 17.7 Å². The quantitative estimate of drug-likeness (QED) is 0.0929. The molecule has 1 aromatic rings. The fourth-order valence-electron chi connectivity index (χ4n) is 4.69. The van der Waals surface area contributed by atoms with Crippen molar-refractivity contribution in [2.45, 2.75) is 113 Å². The van der Waals surface area contributed by atoms with Crippen molar-refractivity contribution in [2.75, 3.05) is 13.7 Å². The van der Waals surface area contributed by atoms with Gasteiger partial charge in [-0.05, 0) is 75.9 Å². The predicted octanol–water partition coefficient (Wildman–Crippen LogP) is 8.74. The average Bonchev–Trinajstić information content (AvgIpc) is 2.86. The molecule has 0 N–H and O–H groups in total. The predicted molar refractivity (Wildman–Crippen MR) is 166 cm³/mol. The molecule has 39 heavy (non-hydrogen) atoms. The molecule has 0 heterocycles. The molecule has 5 atom stereocenters. The van der Waals surface area contributed by atoms with E-state index in [2.05, 4.69) is 74.6 Å². The van der Waals surface area contributed by atoms with Gasteiger partial charge >= 0.3 is 5.97 Å². The third kappa shape index (κ3) is 10.9. The smallest absolute Gasteiger partial charge is 0.333 e. The second kappa shape index (κ2) is 15.8. The molecule has 0 radical (unpaired) electrons. The number of hydrogen-bond donors (Lipinski definition) is 0. The van der Waals surface area contributed by atoms with E-state index in [1.165, 1.54) is 5.57 Å². The summed E-state index contributed by atoms with van der Waals surface area (Å²) in [7, 11) is -0.403. The third-order valence-electron chi connectivity index (χ3n) is 8.20. The number of carbonyl (C=O) groups excluding carboxylic acids is 1. The van der Waals surface area contributed by atoms with Gasteiger partial charge in [-0.1, -0.05) is 71.4 Å². The summed E-state index contributed by atoms with van der Waals surface area (Å²) in [5.74, 6) is 0.902. The SMILES string of the molecule is C/C=C(\C)C[C@H](C)[C@@H](O[Si](C)(C)C(C)(C)C)[C@H](C)[C@@H](OCc1ccc(OC)cc1)[C@H](C)/C=C(\C)C(=O)OCC. The lowest BCUT2D eigenvalue weighted by atomic mass is 9.81. The monoisotopic (exact) mass is 560 g/mol. The number of benzene rings is 1. The number of allylic oxidation sites excluding steroid dienone is 2. The van der Waals surface area contributed by atoms with Gasteiger partial charge in [0.1, 0.15) is 5.75 Å². The Morgan fingerprint density at radius 1 is 1.03 bits per heavy atom. The molecular formula is C33H56O5Si. The highest BCUT2D eigenvalue weighted by molar-refractivity contribution is 6.74. The van der Waals surface area contributed by atoms with Gasteiger partial charge in [0.2, 0.25) is 0 Å². The summed E-state index contributed by atoms with van der Waals surface area (Å²) in [6.07, 6.45) is 4.99. The summed E-state index contributed by atoms with van der Waals surface area (Å²) in [4.78, 5) is 12.4. The van der Waals surface area contributed by atoms with E-state index in [1.54, 1.807) is 7.11 Å². The first kappa shape index (κ1) is 35.1. The minimum absolute atomic E-state index is 0.000378.